The predicted octanol–water partition coefficient (Wildman–Crippen LogP) is 4.27. The quantitative estimate of drug-likeness (QED) is 0.263. The molecular formula is C35H41N7O4. The van der Waals surface area contributed by atoms with E-state index in [1.165, 1.54) is 16.8 Å². The number of anilines is 3. The Morgan fingerprint density at radius 3 is 2.52 bits per heavy atom. The van der Waals surface area contributed by atoms with Crippen molar-refractivity contribution in [3.63, 3.8) is 0 Å². The van der Waals surface area contributed by atoms with Gasteiger partial charge in [0.25, 0.3) is 17.4 Å². The molecular weight excluding hydrogens is 582 g/mol. The summed E-state index contributed by atoms with van der Waals surface area (Å²) in [6.07, 6.45) is 4.57. The number of nitrogens with one attached hydrogen (secondary N) is 2. The summed E-state index contributed by atoms with van der Waals surface area (Å²) in [4.78, 5) is 43.0. The third-order valence-corrected chi connectivity index (χ3v) is 8.21. The Kier molecular flexibility index (Phi) is 9.15. The van der Waals surface area contributed by atoms with Crippen LogP contribution >= 0.6 is 0 Å². The monoisotopic (exact) mass is 623 g/mol. The molecule has 2 aliphatic heterocycles. The molecule has 1 saturated heterocycles. The van der Waals surface area contributed by atoms with Gasteiger partial charge < -0.3 is 26.0 Å². The van der Waals surface area contributed by atoms with Crippen molar-refractivity contribution >= 4 is 28.9 Å². The molecule has 0 radical (unpaired) electrons. The third-order valence-electron chi connectivity index (χ3n) is 8.21. The van der Waals surface area contributed by atoms with E-state index in [2.05, 4.69) is 43.1 Å². The van der Waals surface area contributed by atoms with Crippen LogP contribution in [-0.2, 0) is 22.0 Å². The molecule has 240 valence electrons. The molecule has 2 aromatic carbocycles. The highest BCUT2D eigenvalue weighted by Gasteiger charge is 2.28. The van der Waals surface area contributed by atoms with Crippen LogP contribution in [0.4, 0.5) is 17.1 Å². The Morgan fingerprint density at radius 1 is 1.09 bits per heavy atom. The average molecular weight is 624 g/mol. The van der Waals surface area contributed by atoms with Crippen LogP contribution < -0.4 is 26.8 Å². The number of hydrogen-bond acceptors (Lipinski definition) is 8. The first-order valence-electron chi connectivity index (χ1n) is 15.2. The normalized spacial score (nSPS) is 15.7. The number of ether oxygens (including phenoxy) is 1. The van der Waals surface area contributed by atoms with Gasteiger partial charge in [-0.1, -0.05) is 51.6 Å². The van der Waals surface area contributed by atoms with Crippen molar-refractivity contribution in [2.45, 2.75) is 33.1 Å². The van der Waals surface area contributed by atoms with E-state index in [-0.39, 0.29) is 34.3 Å². The maximum Gasteiger partial charge on any atom is 0.290 e. The van der Waals surface area contributed by atoms with Crippen LogP contribution in [0.3, 0.4) is 0 Å². The first kappa shape index (κ1) is 32.2. The lowest BCUT2D eigenvalue weighted by molar-refractivity contribution is -0.130. The lowest BCUT2D eigenvalue weighted by Gasteiger charge is -2.32. The summed E-state index contributed by atoms with van der Waals surface area (Å²) in [5, 5.41) is 10.9. The van der Waals surface area contributed by atoms with Crippen molar-refractivity contribution in [1.82, 2.24) is 14.7 Å². The lowest BCUT2D eigenvalue weighted by atomic mass is 9.86. The number of carbonyl (C=O) groups is 2. The number of aromatic nitrogens is 2. The summed E-state index contributed by atoms with van der Waals surface area (Å²) in [5.41, 5.74) is 11.8. The van der Waals surface area contributed by atoms with Crippen LogP contribution in [0, 0.1) is 6.92 Å². The number of nitrogens with zero attached hydrogens (tertiary/aromatic N) is 4. The van der Waals surface area contributed by atoms with Crippen LogP contribution in [0.15, 0.2) is 83.5 Å². The summed E-state index contributed by atoms with van der Waals surface area (Å²) in [6, 6.07) is 13.2. The van der Waals surface area contributed by atoms with Crippen LogP contribution in [0.5, 0.6) is 0 Å². The number of morpholine rings is 1. The van der Waals surface area contributed by atoms with E-state index in [0.717, 1.165) is 28.1 Å². The van der Waals surface area contributed by atoms with Crippen LogP contribution in [0.25, 0.3) is 11.3 Å². The minimum absolute atomic E-state index is 0.0356. The molecule has 2 amide bonds. The molecule has 0 spiro atoms. The number of aryl methyl sites for hydroxylation is 1. The van der Waals surface area contributed by atoms with E-state index >= 15 is 0 Å². The predicted molar refractivity (Wildman–Crippen MR) is 182 cm³/mol. The van der Waals surface area contributed by atoms with Crippen molar-refractivity contribution in [1.29, 1.82) is 0 Å². The summed E-state index contributed by atoms with van der Waals surface area (Å²) in [6.45, 7) is 14.4. The van der Waals surface area contributed by atoms with E-state index in [1.54, 1.807) is 29.0 Å². The van der Waals surface area contributed by atoms with E-state index in [1.807, 2.05) is 43.3 Å². The number of rotatable bonds is 7. The first-order chi connectivity index (χ1) is 21.9. The molecule has 0 saturated carbocycles. The number of benzene rings is 2. The molecule has 0 aliphatic carbocycles. The minimum Gasteiger partial charge on any atom is -0.385 e. The van der Waals surface area contributed by atoms with Crippen LogP contribution in [0.1, 0.15) is 42.3 Å². The zero-order valence-corrected chi connectivity index (χ0v) is 27.0. The number of carbonyl (C=O) groups excluding carboxylic acids is 2. The van der Waals surface area contributed by atoms with E-state index in [9.17, 15) is 14.4 Å². The molecule has 0 unspecified atom stereocenters. The van der Waals surface area contributed by atoms with E-state index < -0.39 is 0 Å². The largest absolute Gasteiger partial charge is 0.385 e. The second-order valence-corrected chi connectivity index (χ2v) is 12.4. The Balaban J connectivity index is 1.41. The fourth-order valence-electron chi connectivity index (χ4n) is 5.50. The maximum absolute atomic E-state index is 13.7. The zero-order chi connectivity index (χ0) is 33.2. The van der Waals surface area contributed by atoms with Gasteiger partial charge in [-0.15, -0.1) is 0 Å². The number of fused-ring (bicyclic) bond motifs is 1. The fraction of sp³-hybridized carbons (Fsp3) is 0.314. The molecule has 0 bridgehead atoms. The number of hydrogen-bond donors (Lipinski definition) is 3. The number of amides is 2. The minimum atomic E-state index is -0.382. The van der Waals surface area contributed by atoms with Gasteiger partial charge in [0, 0.05) is 42.6 Å². The highest BCUT2D eigenvalue weighted by molar-refractivity contribution is 6.12. The van der Waals surface area contributed by atoms with Gasteiger partial charge in [0.05, 0.1) is 31.1 Å². The van der Waals surface area contributed by atoms with E-state index in [0.29, 0.717) is 49.8 Å². The van der Waals surface area contributed by atoms with Gasteiger partial charge in [-0.3, -0.25) is 19.3 Å². The molecule has 1 aromatic heterocycles. The van der Waals surface area contributed by atoms with Gasteiger partial charge in [-0.2, -0.15) is 5.10 Å². The average Bonchev–Trinajstić information content (AvgIpc) is 3.03. The summed E-state index contributed by atoms with van der Waals surface area (Å²) in [5.74, 6) is -0.102. The van der Waals surface area contributed by atoms with Crippen molar-refractivity contribution in [3.05, 3.63) is 106 Å². The van der Waals surface area contributed by atoms with E-state index in [4.69, 9.17) is 10.5 Å². The number of allylic oxidation sites excluding steroid dienone is 2. The van der Waals surface area contributed by atoms with Crippen molar-refractivity contribution in [2.75, 3.05) is 48.5 Å². The molecule has 1 fully saturated rings. The third kappa shape index (κ3) is 6.59. The summed E-state index contributed by atoms with van der Waals surface area (Å²) in [7, 11) is 1.56. The van der Waals surface area contributed by atoms with Gasteiger partial charge in [0.1, 0.15) is 11.5 Å². The van der Waals surface area contributed by atoms with Gasteiger partial charge in [0.2, 0.25) is 0 Å². The molecule has 2 aliphatic rings. The van der Waals surface area contributed by atoms with Gasteiger partial charge in [-0.05, 0) is 59.9 Å². The Morgan fingerprint density at radius 2 is 1.83 bits per heavy atom. The SMILES string of the molecule is C=C/C(=C\C=C(/N)Nc1cc(-c2cccc(N3CNc4cc(C(C)(C)C)ccc4C3=O)c2C)nn(C)c1=O)C(=O)N1CCOCC1. The molecule has 3 aromatic rings. The molecule has 11 heteroatoms. The second-order valence-electron chi connectivity index (χ2n) is 12.4. The summed E-state index contributed by atoms with van der Waals surface area (Å²) < 4.78 is 6.56. The second kappa shape index (κ2) is 13.1. The Labute approximate surface area is 269 Å². The Hall–Kier alpha value is -5.16. The molecule has 11 nitrogen and oxygen atoms in total. The van der Waals surface area contributed by atoms with Crippen molar-refractivity contribution in [3.8, 4) is 11.3 Å². The lowest BCUT2D eigenvalue weighted by Crippen LogP contribution is -2.41. The van der Waals surface area contributed by atoms with Crippen molar-refractivity contribution < 1.29 is 14.3 Å². The van der Waals surface area contributed by atoms with Gasteiger partial charge >= 0.3 is 0 Å². The molecule has 4 N–H and O–H groups in total. The maximum atomic E-state index is 13.7. The first-order valence-corrected chi connectivity index (χ1v) is 15.2. The fourth-order valence-corrected chi connectivity index (χ4v) is 5.50. The molecule has 3 heterocycles. The molecule has 5 rings (SSSR count). The zero-order valence-electron chi connectivity index (χ0n) is 27.0. The highest BCUT2D eigenvalue weighted by Crippen LogP contribution is 2.35. The van der Waals surface area contributed by atoms with Crippen LogP contribution in [0.2, 0.25) is 0 Å². The smallest absolute Gasteiger partial charge is 0.290 e. The van der Waals surface area contributed by atoms with Gasteiger partial charge in [-0.25, -0.2) is 4.68 Å². The number of nitrogens with two attached hydrogens (primary N) is 1. The van der Waals surface area contributed by atoms with Gasteiger partial charge in [0.15, 0.2) is 0 Å². The molecule has 46 heavy (non-hydrogen) atoms. The Bertz CT molecular complexity index is 1810. The van der Waals surface area contributed by atoms with Crippen LogP contribution in [-0.4, -0.2) is 59.5 Å². The summed E-state index contributed by atoms with van der Waals surface area (Å²) >= 11 is 0. The topological polar surface area (TPSA) is 135 Å². The van der Waals surface area contributed by atoms with Crippen molar-refractivity contribution in [2.24, 2.45) is 12.8 Å². The molecule has 0 atom stereocenters. The highest BCUT2D eigenvalue weighted by atomic mass is 16.5. The standard InChI is InChI=1S/C35H41N7O4/c1-7-23(32(43)41-15-17-46-18-16-41)11-14-31(36)38-29-20-28(39-40(6)34(29)45)25-9-8-10-30(22(25)2)42-21-37-27-19-24(35(3,4)5)12-13-26(27)33(42)44/h7-14,19-20,37-38H,1,15-18,21,36H2,2-6H3/b23-11+,31-14+.